The summed E-state index contributed by atoms with van der Waals surface area (Å²) in [7, 11) is -3.36. The Labute approximate surface area is 192 Å². The average Bonchev–Trinajstić information content (AvgIpc) is 3.03. The fraction of sp³-hybridized carbons (Fsp3) is 0.500. The molecule has 2 aromatic carbocycles. The predicted molar refractivity (Wildman–Crippen MR) is 129 cm³/mol. The molecule has 1 fully saturated rings. The minimum atomic E-state index is -3.81. The first-order chi connectivity index (χ1) is 14.8. The lowest BCUT2D eigenvalue weighted by Gasteiger charge is -2.28. The van der Waals surface area contributed by atoms with Crippen molar-refractivity contribution in [3.8, 4) is 0 Å². The van der Waals surface area contributed by atoms with Crippen LogP contribution in [0.25, 0.3) is 0 Å². The first-order valence-corrected chi connectivity index (χ1v) is 14.2. The smallest absolute Gasteiger partial charge is 0.183 e. The summed E-state index contributed by atoms with van der Waals surface area (Å²) in [5, 5.41) is 2.27. The normalized spacial score (nSPS) is 22.2. The zero-order valence-electron chi connectivity index (χ0n) is 19.4. The molecule has 2 aromatic rings. The summed E-state index contributed by atoms with van der Waals surface area (Å²) in [6.07, 6.45) is 0. The lowest BCUT2D eigenvalue weighted by molar-refractivity contribution is 0.282. The van der Waals surface area contributed by atoms with Crippen molar-refractivity contribution >= 4 is 19.7 Å². The highest BCUT2D eigenvalue weighted by molar-refractivity contribution is 7.96. The molecule has 6 nitrogen and oxygen atoms in total. The number of rotatable bonds is 7. The van der Waals surface area contributed by atoms with Crippen LogP contribution < -0.4 is 5.32 Å². The molecule has 1 saturated heterocycles. The molecule has 1 N–H and O–H groups in total. The van der Waals surface area contributed by atoms with Crippen molar-refractivity contribution in [3.05, 3.63) is 65.7 Å². The van der Waals surface area contributed by atoms with Crippen molar-refractivity contribution in [2.45, 2.75) is 48.4 Å². The Morgan fingerprint density at radius 2 is 1.59 bits per heavy atom. The Morgan fingerprint density at radius 3 is 2.12 bits per heavy atom. The third-order valence-electron chi connectivity index (χ3n) is 6.13. The second-order valence-electron chi connectivity index (χ2n) is 9.84. The first kappa shape index (κ1) is 24.9. The van der Waals surface area contributed by atoms with Crippen LogP contribution in [0, 0.1) is 0 Å². The summed E-state index contributed by atoms with van der Waals surface area (Å²) in [4.78, 5) is 2.21. The van der Waals surface area contributed by atoms with Crippen LogP contribution in [0.5, 0.6) is 0 Å². The van der Waals surface area contributed by atoms with Crippen LogP contribution in [0.1, 0.15) is 37.9 Å². The van der Waals surface area contributed by atoms with E-state index in [0.717, 1.165) is 11.1 Å². The number of nitrogens with zero attached hydrogens (tertiary/aromatic N) is 1. The first-order valence-electron chi connectivity index (χ1n) is 10.8. The van der Waals surface area contributed by atoms with Crippen molar-refractivity contribution in [1.29, 1.82) is 0 Å². The van der Waals surface area contributed by atoms with E-state index in [1.54, 1.807) is 12.1 Å². The number of benzene rings is 2. The molecule has 1 unspecified atom stereocenters. The Balaban J connectivity index is 1.84. The van der Waals surface area contributed by atoms with Crippen LogP contribution >= 0.6 is 0 Å². The molecule has 32 heavy (non-hydrogen) atoms. The van der Waals surface area contributed by atoms with E-state index in [-0.39, 0.29) is 27.9 Å². The van der Waals surface area contributed by atoms with Crippen LogP contribution in [0.4, 0.5) is 0 Å². The van der Waals surface area contributed by atoms with Gasteiger partial charge in [-0.05, 0) is 42.8 Å². The summed E-state index contributed by atoms with van der Waals surface area (Å²) in [6, 6.07) is 16.1. The molecule has 3 atom stereocenters. The fourth-order valence-corrected chi connectivity index (χ4v) is 8.88. The molecule has 1 heterocycles. The van der Waals surface area contributed by atoms with Crippen LogP contribution in [0.2, 0.25) is 0 Å². The number of hydrogen-bond acceptors (Lipinski definition) is 6. The van der Waals surface area contributed by atoms with E-state index in [1.165, 1.54) is 0 Å². The molecule has 3 rings (SSSR count). The Morgan fingerprint density at radius 1 is 1.00 bits per heavy atom. The topological polar surface area (TPSA) is 83.6 Å². The monoisotopic (exact) mass is 478 g/mol. The van der Waals surface area contributed by atoms with E-state index in [2.05, 4.69) is 26.1 Å². The average molecular weight is 479 g/mol. The van der Waals surface area contributed by atoms with Gasteiger partial charge < -0.3 is 10.2 Å². The fourth-order valence-electron chi connectivity index (χ4n) is 4.17. The minimum Gasteiger partial charge on any atom is -0.310 e. The maximum atomic E-state index is 13.4. The Kier molecular flexibility index (Phi) is 7.20. The van der Waals surface area contributed by atoms with Crippen molar-refractivity contribution in [2.75, 3.05) is 32.1 Å². The molecule has 0 bridgehead atoms. The summed E-state index contributed by atoms with van der Waals surface area (Å²) >= 11 is 0. The van der Waals surface area contributed by atoms with Gasteiger partial charge >= 0.3 is 0 Å². The van der Waals surface area contributed by atoms with Gasteiger partial charge in [-0.3, -0.25) is 0 Å². The Bertz CT molecular complexity index is 1120. The quantitative estimate of drug-likeness (QED) is 0.659. The molecule has 0 amide bonds. The molecule has 0 saturated carbocycles. The van der Waals surface area contributed by atoms with Gasteiger partial charge in [0.25, 0.3) is 0 Å². The Hall–Kier alpha value is -1.74. The zero-order valence-corrected chi connectivity index (χ0v) is 21.1. The van der Waals surface area contributed by atoms with E-state index >= 15 is 0 Å². The second-order valence-corrected chi connectivity index (χ2v) is 14.2. The lowest BCUT2D eigenvalue weighted by atomic mass is 9.87. The van der Waals surface area contributed by atoms with Crippen LogP contribution in [0.15, 0.2) is 59.5 Å². The predicted octanol–water partition coefficient (Wildman–Crippen LogP) is 2.82. The molecule has 0 radical (unpaired) electrons. The van der Waals surface area contributed by atoms with Gasteiger partial charge in [0.15, 0.2) is 19.7 Å². The molecule has 0 aromatic heterocycles. The van der Waals surface area contributed by atoms with E-state index in [9.17, 15) is 16.8 Å². The van der Waals surface area contributed by atoms with Gasteiger partial charge in [0.1, 0.15) is 0 Å². The summed E-state index contributed by atoms with van der Waals surface area (Å²) in [6.45, 7) is 6.64. The van der Waals surface area contributed by atoms with Gasteiger partial charge in [-0.1, -0.05) is 63.2 Å². The van der Waals surface area contributed by atoms with Crippen molar-refractivity contribution in [2.24, 2.45) is 0 Å². The van der Waals surface area contributed by atoms with E-state index in [4.69, 9.17) is 0 Å². The maximum absolute atomic E-state index is 13.4. The molecule has 1 aliphatic rings. The van der Waals surface area contributed by atoms with Crippen LogP contribution in [0.3, 0.4) is 0 Å². The highest BCUT2D eigenvalue weighted by Gasteiger charge is 2.45. The number of sulfone groups is 2. The standard InChI is InChI=1S/C24H34N2O4S2/c1-24(2,3)19-11-13-20(14-12-19)32(29,30)23-17-31(27,28)16-21(23)25-15-22(26(4)5)18-9-7-6-8-10-18/h6-14,21-23,25H,15-17H2,1-5H3/t21-,22?,23-/m0/s1. The van der Waals surface area contributed by atoms with Crippen molar-refractivity contribution < 1.29 is 16.8 Å². The van der Waals surface area contributed by atoms with Gasteiger partial charge in [-0.25, -0.2) is 16.8 Å². The van der Waals surface area contributed by atoms with Crippen LogP contribution in [-0.2, 0) is 25.1 Å². The summed E-state index contributed by atoms with van der Waals surface area (Å²) < 4.78 is 51.8. The largest absolute Gasteiger partial charge is 0.310 e. The van der Waals surface area contributed by atoms with E-state index in [0.29, 0.717) is 6.54 Å². The summed E-state index contributed by atoms with van der Waals surface area (Å²) in [5.41, 5.74) is 2.02. The van der Waals surface area contributed by atoms with Crippen molar-refractivity contribution in [3.63, 3.8) is 0 Å². The van der Waals surface area contributed by atoms with Gasteiger partial charge in [0, 0.05) is 18.6 Å². The van der Waals surface area contributed by atoms with Gasteiger partial charge in [0.05, 0.1) is 21.7 Å². The number of likely N-dealkylation sites (N-methyl/N-ethyl adjacent to an activating group) is 1. The SMILES string of the molecule is CN(C)C(CN[C@H]1CS(=O)(=O)C[C@@H]1S(=O)(=O)c1ccc(C(C)(C)C)cc1)c1ccccc1. The zero-order chi connectivity index (χ0) is 23.7. The highest BCUT2D eigenvalue weighted by Crippen LogP contribution is 2.29. The third-order valence-corrected chi connectivity index (χ3v) is 10.3. The lowest BCUT2D eigenvalue weighted by Crippen LogP contribution is -2.46. The van der Waals surface area contributed by atoms with Gasteiger partial charge in [0.2, 0.25) is 0 Å². The minimum absolute atomic E-state index is 0.00562. The highest BCUT2D eigenvalue weighted by atomic mass is 32.2. The van der Waals surface area contributed by atoms with Gasteiger partial charge in [-0.15, -0.1) is 0 Å². The molecule has 1 aliphatic heterocycles. The number of hydrogen-bond donors (Lipinski definition) is 1. The van der Waals surface area contributed by atoms with E-state index < -0.39 is 31.0 Å². The molecule has 0 aliphatic carbocycles. The van der Waals surface area contributed by atoms with Crippen molar-refractivity contribution in [1.82, 2.24) is 10.2 Å². The molecular weight excluding hydrogens is 444 g/mol. The maximum Gasteiger partial charge on any atom is 0.183 e. The number of nitrogens with one attached hydrogen (secondary N) is 1. The molecule has 176 valence electrons. The molecular formula is C24H34N2O4S2. The van der Waals surface area contributed by atoms with E-state index in [1.807, 2.05) is 61.5 Å². The van der Waals surface area contributed by atoms with Crippen LogP contribution in [-0.4, -0.2) is 65.2 Å². The summed E-state index contributed by atoms with van der Waals surface area (Å²) in [5.74, 6) is -0.530. The molecule has 8 heteroatoms. The molecule has 0 spiro atoms. The van der Waals surface area contributed by atoms with Gasteiger partial charge in [-0.2, -0.15) is 0 Å². The second kappa shape index (κ2) is 9.25. The third kappa shape index (κ3) is 5.60.